The summed E-state index contributed by atoms with van der Waals surface area (Å²) in [5, 5.41) is 1.98. The van der Waals surface area contributed by atoms with Gasteiger partial charge in [-0.1, -0.05) is 11.6 Å². The zero-order valence-corrected chi connectivity index (χ0v) is 16.9. The predicted octanol–water partition coefficient (Wildman–Crippen LogP) is 4.02. The van der Waals surface area contributed by atoms with Gasteiger partial charge in [0.05, 0.1) is 10.6 Å². The lowest BCUT2D eigenvalue weighted by Crippen LogP contribution is -2.36. The maximum Gasteiger partial charge on any atom is 0.417 e. The van der Waals surface area contributed by atoms with Crippen LogP contribution in [0.3, 0.4) is 0 Å². The van der Waals surface area contributed by atoms with E-state index in [-0.39, 0.29) is 24.4 Å². The molecule has 0 atom stereocenters. The Morgan fingerprint density at radius 3 is 2.55 bits per heavy atom. The molecule has 1 heterocycles. The molecule has 0 aromatic heterocycles. The number of benzene rings is 1. The number of hydrogen-bond acceptors (Lipinski definition) is 3. The summed E-state index contributed by atoms with van der Waals surface area (Å²) in [4.78, 5) is 28.7. The van der Waals surface area contributed by atoms with Gasteiger partial charge in [0.1, 0.15) is 0 Å². The zero-order chi connectivity index (χ0) is 21.0. The van der Waals surface area contributed by atoms with Gasteiger partial charge >= 0.3 is 6.18 Å². The molecule has 1 aliphatic carbocycles. The van der Waals surface area contributed by atoms with Gasteiger partial charge in [0, 0.05) is 44.7 Å². The molecule has 0 radical (unpaired) electrons. The Labute approximate surface area is 173 Å². The number of hydrogen-bond donors (Lipinski definition) is 1. The van der Waals surface area contributed by atoms with Gasteiger partial charge in [-0.25, -0.2) is 0 Å². The minimum atomic E-state index is -4.60. The molecule has 1 saturated carbocycles. The molecule has 0 spiro atoms. The maximum absolute atomic E-state index is 12.9. The van der Waals surface area contributed by atoms with Crippen molar-refractivity contribution in [1.29, 1.82) is 0 Å². The Morgan fingerprint density at radius 2 is 1.86 bits per heavy atom. The van der Waals surface area contributed by atoms with Crippen LogP contribution >= 0.6 is 11.6 Å². The third-order valence-electron chi connectivity index (χ3n) is 5.28. The van der Waals surface area contributed by atoms with Crippen molar-refractivity contribution in [2.45, 2.75) is 38.3 Å². The molecule has 9 heteroatoms. The fraction of sp³-hybridized carbons (Fsp3) is 0.600. The highest BCUT2D eigenvalue weighted by Gasteiger charge is 2.33. The first-order chi connectivity index (χ1) is 13.7. The molecule has 29 heavy (non-hydrogen) atoms. The molecule has 1 saturated heterocycles. The normalized spacial score (nSPS) is 18.4. The Balaban J connectivity index is 1.46. The lowest BCUT2D eigenvalue weighted by Gasteiger charge is -2.22. The van der Waals surface area contributed by atoms with E-state index in [1.165, 1.54) is 18.9 Å². The molecule has 2 aliphatic rings. The summed E-state index contributed by atoms with van der Waals surface area (Å²) in [6, 6.07) is 3.20. The third-order valence-corrected chi connectivity index (χ3v) is 5.61. The first-order valence-corrected chi connectivity index (χ1v) is 10.3. The molecule has 3 rings (SSSR count). The van der Waals surface area contributed by atoms with Gasteiger partial charge in [-0.05, 0) is 49.9 Å². The van der Waals surface area contributed by atoms with Crippen LogP contribution in [0.4, 0.5) is 18.9 Å². The molecule has 160 valence electrons. The number of carbonyl (C=O) groups is 2. The van der Waals surface area contributed by atoms with Gasteiger partial charge in [-0.15, -0.1) is 0 Å². The Hall–Kier alpha value is -1.80. The Morgan fingerprint density at radius 1 is 1.10 bits per heavy atom. The molecule has 0 unspecified atom stereocenters. The van der Waals surface area contributed by atoms with Crippen molar-refractivity contribution >= 4 is 29.1 Å². The predicted molar refractivity (Wildman–Crippen MR) is 105 cm³/mol. The number of halogens is 4. The molecular formula is C20H25ClF3N3O2. The molecule has 0 bridgehead atoms. The van der Waals surface area contributed by atoms with E-state index in [2.05, 4.69) is 10.2 Å². The summed E-state index contributed by atoms with van der Waals surface area (Å²) in [5.74, 6) is 0.214. The summed E-state index contributed by atoms with van der Waals surface area (Å²) in [6.07, 6.45) is -1.14. The van der Waals surface area contributed by atoms with E-state index in [9.17, 15) is 22.8 Å². The summed E-state index contributed by atoms with van der Waals surface area (Å²) in [5.41, 5.74) is -1.00. The Bertz CT molecular complexity index is 753. The zero-order valence-electron chi connectivity index (χ0n) is 16.1. The minimum absolute atomic E-state index is 0.00432. The van der Waals surface area contributed by atoms with E-state index in [0.717, 1.165) is 44.1 Å². The molecule has 1 aromatic rings. The largest absolute Gasteiger partial charge is 0.417 e. The number of amides is 2. The van der Waals surface area contributed by atoms with Gasteiger partial charge in [0.15, 0.2) is 0 Å². The smallest absolute Gasteiger partial charge is 0.341 e. The number of alkyl halides is 3. The van der Waals surface area contributed by atoms with E-state index in [1.54, 1.807) is 4.90 Å². The van der Waals surface area contributed by atoms with Crippen molar-refractivity contribution < 1.29 is 22.8 Å². The first-order valence-electron chi connectivity index (χ1n) is 9.89. The summed E-state index contributed by atoms with van der Waals surface area (Å²) in [6.45, 7) is 4.26. The first kappa shape index (κ1) is 21.9. The van der Waals surface area contributed by atoms with E-state index < -0.39 is 22.7 Å². The van der Waals surface area contributed by atoms with Crippen LogP contribution in [-0.2, 0) is 15.8 Å². The van der Waals surface area contributed by atoms with Crippen LogP contribution in [0, 0.1) is 5.92 Å². The summed E-state index contributed by atoms with van der Waals surface area (Å²) < 4.78 is 38.7. The van der Waals surface area contributed by atoms with E-state index in [4.69, 9.17) is 11.6 Å². The molecule has 2 amide bonds. The van der Waals surface area contributed by atoms with Crippen LogP contribution in [0.2, 0.25) is 5.02 Å². The van der Waals surface area contributed by atoms with Gasteiger partial charge in [-0.3, -0.25) is 9.59 Å². The van der Waals surface area contributed by atoms with Gasteiger partial charge in [0.2, 0.25) is 11.8 Å². The van der Waals surface area contributed by atoms with Crippen molar-refractivity contribution in [3.8, 4) is 0 Å². The lowest BCUT2D eigenvalue weighted by atomic mass is 10.2. The second-order valence-electron chi connectivity index (χ2n) is 7.72. The summed E-state index contributed by atoms with van der Waals surface area (Å²) >= 11 is 5.57. The standard InChI is InChI=1S/C20H25ClF3N3O2/c21-17-5-4-15(12-16(17)20(22,23)24)25-18(28)6-7-19(29)27-9-1-8-26(10-11-27)13-14-2-3-14/h4-5,12,14H,1-3,6-11,13H2,(H,25,28). The highest BCUT2D eigenvalue weighted by atomic mass is 35.5. The van der Waals surface area contributed by atoms with E-state index in [0.29, 0.717) is 13.1 Å². The quantitative estimate of drug-likeness (QED) is 0.740. The van der Waals surface area contributed by atoms with Crippen LogP contribution < -0.4 is 5.32 Å². The minimum Gasteiger partial charge on any atom is -0.341 e. The number of rotatable bonds is 6. The van der Waals surface area contributed by atoms with E-state index in [1.807, 2.05) is 0 Å². The van der Waals surface area contributed by atoms with Crippen LogP contribution in [0.5, 0.6) is 0 Å². The molecule has 1 aromatic carbocycles. The van der Waals surface area contributed by atoms with Crippen LogP contribution in [-0.4, -0.2) is 54.3 Å². The highest BCUT2D eigenvalue weighted by Crippen LogP contribution is 2.36. The second-order valence-corrected chi connectivity index (χ2v) is 8.13. The third kappa shape index (κ3) is 6.60. The van der Waals surface area contributed by atoms with Crippen molar-refractivity contribution in [3.63, 3.8) is 0 Å². The average Bonchev–Trinajstić information content (AvgIpc) is 3.48. The molecule has 1 N–H and O–H groups in total. The van der Waals surface area contributed by atoms with Crippen LogP contribution in [0.15, 0.2) is 18.2 Å². The van der Waals surface area contributed by atoms with Crippen molar-refractivity contribution in [2.24, 2.45) is 5.92 Å². The molecule has 5 nitrogen and oxygen atoms in total. The van der Waals surface area contributed by atoms with E-state index >= 15 is 0 Å². The monoisotopic (exact) mass is 431 g/mol. The van der Waals surface area contributed by atoms with Crippen molar-refractivity contribution in [3.05, 3.63) is 28.8 Å². The fourth-order valence-electron chi connectivity index (χ4n) is 3.49. The topological polar surface area (TPSA) is 52.7 Å². The fourth-order valence-corrected chi connectivity index (χ4v) is 3.72. The molecule has 2 fully saturated rings. The van der Waals surface area contributed by atoms with Gasteiger partial charge < -0.3 is 15.1 Å². The molecular weight excluding hydrogens is 407 g/mol. The Kier molecular flexibility index (Phi) is 7.05. The maximum atomic E-state index is 12.9. The van der Waals surface area contributed by atoms with Crippen LogP contribution in [0.1, 0.15) is 37.7 Å². The number of nitrogens with zero attached hydrogens (tertiary/aromatic N) is 2. The van der Waals surface area contributed by atoms with Crippen LogP contribution in [0.25, 0.3) is 0 Å². The lowest BCUT2D eigenvalue weighted by molar-refractivity contribution is -0.137. The second kappa shape index (κ2) is 9.34. The highest BCUT2D eigenvalue weighted by molar-refractivity contribution is 6.31. The average molecular weight is 432 g/mol. The van der Waals surface area contributed by atoms with Crippen molar-refractivity contribution in [1.82, 2.24) is 9.80 Å². The summed E-state index contributed by atoms with van der Waals surface area (Å²) in [7, 11) is 0. The van der Waals surface area contributed by atoms with Gasteiger partial charge in [0.25, 0.3) is 0 Å². The SMILES string of the molecule is O=C(CCC(=O)N1CCCN(CC2CC2)CC1)Nc1ccc(Cl)c(C(F)(F)F)c1. The van der Waals surface area contributed by atoms with Crippen molar-refractivity contribution in [2.75, 3.05) is 38.0 Å². The number of carbonyl (C=O) groups excluding carboxylic acids is 2. The number of anilines is 1. The van der Waals surface area contributed by atoms with Gasteiger partial charge in [-0.2, -0.15) is 13.2 Å². The molecule has 1 aliphatic heterocycles. The number of nitrogens with one attached hydrogen (secondary N) is 1.